The molecule has 3 heterocycles. The van der Waals surface area contributed by atoms with Gasteiger partial charge in [-0.25, -0.2) is 9.59 Å². The molecule has 0 aromatic carbocycles. The maximum atomic E-state index is 12.6. The summed E-state index contributed by atoms with van der Waals surface area (Å²) in [6.45, 7) is 9.90. The quantitative estimate of drug-likeness (QED) is 0.722. The van der Waals surface area contributed by atoms with Gasteiger partial charge in [0.1, 0.15) is 5.60 Å². The van der Waals surface area contributed by atoms with E-state index in [1.165, 1.54) is 0 Å². The van der Waals surface area contributed by atoms with Gasteiger partial charge in [0.2, 0.25) is 0 Å². The maximum Gasteiger partial charge on any atom is 0.410 e. The lowest BCUT2D eigenvalue weighted by atomic mass is 9.72. The van der Waals surface area contributed by atoms with Gasteiger partial charge in [0.15, 0.2) is 0 Å². The second-order valence-electron chi connectivity index (χ2n) is 8.82. The summed E-state index contributed by atoms with van der Waals surface area (Å²) >= 11 is 0. The first kappa shape index (κ1) is 18.3. The molecule has 0 aromatic rings. The van der Waals surface area contributed by atoms with Gasteiger partial charge in [-0.1, -0.05) is 0 Å². The van der Waals surface area contributed by atoms with E-state index in [1.54, 1.807) is 4.90 Å². The lowest BCUT2D eigenvalue weighted by molar-refractivity contribution is -0.0566. The molecule has 0 saturated carbocycles. The number of hydrogen-bond donors (Lipinski definition) is 1. The van der Waals surface area contributed by atoms with Crippen molar-refractivity contribution < 1.29 is 19.4 Å². The Morgan fingerprint density at radius 3 is 2.00 bits per heavy atom. The third-order valence-corrected chi connectivity index (χ3v) is 5.53. The summed E-state index contributed by atoms with van der Waals surface area (Å²) < 4.78 is 5.42. The highest BCUT2D eigenvalue weighted by molar-refractivity contribution is 5.75. The summed E-state index contributed by atoms with van der Waals surface area (Å²) in [6, 6.07) is 0.102. The van der Waals surface area contributed by atoms with Gasteiger partial charge >= 0.3 is 12.1 Å². The highest BCUT2D eigenvalue weighted by atomic mass is 16.6. The highest BCUT2D eigenvalue weighted by Crippen LogP contribution is 2.41. The third kappa shape index (κ3) is 4.19. The van der Waals surface area contributed by atoms with Crippen molar-refractivity contribution in [3.05, 3.63) is 0 Å². The van der Waals surface area contributed by atoms with Crippen LogP contribution in [0.4, 0.5) is 9.59 Å². The fourth-order valence-corrected chi connectivity index (χ4v) is 3.96. The topological polar surface area (TPSA) is 73.3 Å². The molecule has 0 radical (unpaired) electrons. The van der Waals surface area contributed by atoms with E-state index in [0.717, 1.165) is 39.0 Å². The van der Waals surface area contributed by atoms with Crippen molar-refractivity contribution in [2.24, 2.45) is 5.41 Å². The van der Waals surface area contributed by atoms with Crippen LogP contribution in [-0.2, 0) is 4.74 Å². The van der Waals surface area contributed by atoms with Crippen molar-refractivity contribution in [3.63, 3.8) is 0 Å². The number of rotatable bonds is 0. The van der Waals surface area contributed by atoms with Crippen LogP contribution < -0.4 is 0 Å². The average molecular weight is 353 g/mol. The molecule has 0 aromatic heterocycles. The van der Waals surface area contributed by atoms with E-state index in [0.29, 0.717) is 25.9 Å². The Balaban J connectivity index is 1.44. The van der Waals surface area contributed by atoms with Crippen molar-refractivity contribution in [2.75, 3.05) is 39.3 Å². The Labute approximate surface area is 149 Å². The number of likely N-dealkylation sites (tertiary alicyclic amines) is 3. The number of aliphatic hydroxyl groups excluding tert-OH is 1. The molecule has 0 aliphatic carbocycles. The van der Waals surface area contributed by atoms with Crippen molar-refractivity contribution in [2.45, 2.75) is 58.2 Å². The van der Waals surface area contributed by atoms with Crippen LogP contribution in [0.2, 0.25) is 0 Å². The Hall–Kier alpha value is -1.50. The summed E-state index contributed by atoms with van der Waals surface area (Å²) in [5.74, 6) is 0. The minimum Gasteiger partial charge on any atom is -0.444 e. The number of urea groups is 1. The molecule has 25 heavy (non-hydrogen) atoms. The number of hydrogen-bond acceptors (Lipinski definition) is 4. The Bertz CT molecular complexity index is 507. The molecule has 0 bridgehead atoms. The summed E-state index contributed by atoms with van der Waals surface area (Å²) in [5.41, 5.74) is -0.302. The number of carbonyl (C=O) groups is 2. The molecule has 1 N–H and O–H groups in total. The van der Waals surface area contributed by atoms with E-state index in [2.05, 4.69) is 0 Å². The van der Waals surface area contributed by atoms with E-state index in [9.17, 15) is 14.7 Å². The van der Waals surface area contributed by atoms with Crippen LogP contribution in [0.1, 0.15) is 46.5 Å². The Kier molecular flexibility index (Phi) is 4.88. The molecule has 3 saturated heterocycles. The SMILES string of the molecule is CC(C)(C)OC(=O)N1CC2(CCN(C(=O)N3CCC(O)CC3)CC2)C1. The molecule has 0 atom stereocenters. The van der Waals surface area contributed by atoms with Crippen LogP contribution in [0.15, 0.2) is 0 Å². The van der Waals surface area contributed by atoms with Gasteiger partial charge in [0, 0.05) is 44.7 Å². The summed E-state index contributed by atoms with van der Waals surface area (Å²) in [5, 5.41) is 9.57. The van der Waals surface area contributed by atoms with Gasteiger partial charge in [-0.2, -0.15) is 0 Å². The van der Waals surface area contributed by atoms with E-state index in [4.69, 9.17) is 4.74 Å². The van der Waals surface area contributed by atoms with Crippen molar-refractivity contribution in [3.8, 4) is 0 Å². The van der Waals surface area contributed by atoms with Crippen LogP contribution in [0.5, 0.6) is 0 Å². The molecular weight excluding hydrogens is 322 g/mol. The molecule has 3 fully saturated rings. The van der Waals surface area contributed by atoms with Crippen LogP contribution in [0.3, 0.4) is 0 Å². The van der Waals surface area contributed by atoms with E-state index >= 15 is 0 Å². The fraction of sp³-hybridized carbons (Fsp3) is 0.889. The number of ether oxygens (including phenoxy) is 1. The van der Waals surface area contributed by atoms with Crippen molar-refractivity contribution in [1.82, 2.24) is 14.7 Å². The average Bonchev–Trinajstić information content (AvgIpc) is 2.51. The predicted octanol–water partition coefficient (Wildman–Crippen LogP) is 1.90. The lowest BCUT2D eigenvalue weighted by Gasteiger charge is -2.53. The molecule has 3 rings (SSSR count). The minimum absolute atomic E-state index is 0.102. The van der Waals surface area contributed by atoms with Crippen molar-refractivity contribution >= 4 is 12.1 Å². The summed E-state index contributed by atoms with van der Waals surface area (Å²) in [7, 11) is 0. The molecule has 3 aliphatic heterocycles. The molecule has 7 heteroatoms. The fourth-order valence-electron chi connectivity index (χ4n) is 3.96. The van der Waals surface area contributed by atoms with Gasteiger partial charge in [-0.15, -0.1) is 0 Å². The first-order valence-electron chi connectivity index (χ1n) is 9.37. The standard InChI is InChI=1S/C18H31N3O4/c1-17(2,3)25-16(24)21-12-18(13-21)6-10-20(11-7-18)15(23)19-8-4-14(22)5-9-19/h14,22H,4-13H2,1-3H3. The van der Waals surface area contributed by atoms with Crippen molar-refractivity contribution in [1.29, 1.82) is 0 Å². The molecule has 142 valence electrons. The molecule has 3 aliphatic rings. The van der Waals surface area contributed by atoms with E-state index < -0.39 is 5.60 Å². The van der Waals surface area contributed by atoms with Crippen LogP contribution in [0.25, 0.3) is 0 Å². The zero-order valence-electron chi connectivity index (χ0n) is 15.7. The number of nitrogens with zero attached hydrogens (tertiary/aromatic N) is 3. The predicted molar refractivity (Wildman–Crippen MR) is 93.3 cm³/mol. The molecular formula is C18H31N3O4. The van der Waals surface area contributed by atoms with Gasteiger partial charge in [0.25, 0.3) is 0 Å². The largest absolute Gasteiger partial charge is 0.444 e. The highest BCUT2D eigenvalue weighted by Gasteiger charge is 2.48. The molecule has 3 amide bonds. The molecule has 1 spiro atoms. The van der Waals surface area contributed by atoms with Crippen LogP contribution in [0, 0.1) is 5.41 Å². The van der Waals surface area contributed by atoms with Gasteiger partial charge in [0.05, 0.1) is 6.10 Å². The number of carbonyl (C=O) groups excluding carboxylic acids is 2. The minimum atomic E-state index is -0.461. The Morgan fingerprint density at radius 1 is 0.960 bits per heavy atom. The first-order valence-corrected chi connectivity index (χ1v) is 9.37. The smallest absolute Gasteiger partial charge is 0.410 e. The molecule has 0 unspecified atom stereocenters. The van der Waals surface area contributed by atoms with E-state index in [1.807, 2.05) is 30.6 Å². The zero-order valence-corrected chi connectivity index (χ0v) is 15.7. The van der Waals surface area contributed by atoms with Gasteiger partial charge < -0.3 is 24.5 Å². The number of aliphatic hydroxyl groups is 1. The zero-order chi connectivity index (χ0) is 18.2. The third-order valence-electron chi connectivity index (χ3n) is 5.53. The lowest BCUT2D eigenvalue weighted by Crippen LogP contribution is -2.63. The second-order valence-corrected chi connectivity index (χ2v) is 8.82. The summed E-state index contributed by atoms with van der Waals surface area (Å²) in [6.07, 6.45) is 2.73. The van der Waals surface area contributed by atoms with Gasteiger partial charge in [-0.05, 0) is 46.5 Å². The monoisotopic (exact) mass is 353 g/mol. The molecule has 7 nitrogen and oxygen atoms in total. The second kappa shape index (κ2) is 6.67. The summed E-state index contributed by atoms with van der Waals surface area (Å²) in [4.78, 5) is 30.2. The van der Waals surface area contributed by atoms with Crippen LogP contribution in [-0.4, -0.2) is 82.9 Å². The normalized spacial score (nSPS) is 24.2. The first-order chi connectivity index (χ1) is 11.7. The number of piperidine rings is 2. The Morgan fingerprint density at radius 2 is 1.48 bits per heavy atom. The van der Waals surface area contributed by atoms with E-state index in [-0.39, 0.29) is 23.6 Å². The van der Waals surface area contributed by atoms with Gasteiger partial charge in [-0.3, -0.25) is 0 Å². The maximum absolute atomic E-state index is 12.6. The van der Waals surface area contributed by atoms with Crippen LogP contribution >= 0.6 is 0 Å². The number of amides is 3.